The molecule has 0 aromatic carbocycles. The fourth-order valence-electron chi connectivity index (χ4n) is 0.717. The SMILES string of the molecule is C=C(CCCC)C(N)=O.CCCCN. The van der Waals surface area contributed by atoms with Crippen molar-refractivity contribution in [3.05, 3.63) is 12.2 Å². The van der Waals surface area contributed by atoms with Gasteiger partial charge in [0.2, 0.25) is 5.91 Å². The van der Waals surface area contributed by atoms with Gasteiger partial charge < -0.3 is 11.5 Å². The van der Waals surface area contributed by atoms with Crippen LogP contribution >= 0.6 is 0 Å². The fourth-order valence-corrected chi connectivity index (χ4v) is 0.717. The van der Waals surface area contributed by atoms with Crippen molar-refractivity contribution in [1.82, 2.24) is 0 Å². The highest BCUT2D eigenvalue weighted by Crippen LogP contribution is 2.02. The van der Waals surface area contributed by atoms with Gasteiger partial charge in [-0.1, -0.05) is 33.3 Å². The number of unbranched alkanes of at least 4 members (excludes halogenated alkanes) is 2. The van der Waals surface area contributed by atoms with Crippen LogP contribution in [0.3, 0.4) is 0 Å². The normalized spacial score (nSPS) is 8.79. The van der Waals surface area contributed by atoms with Crippen LogP contribution in [0.5, 0.6) is 0 Å². The molecule has 14 heavy (non-hydrogen) atoms. The van der Waals surface area contributed by atoms with Crippen molar-refractivity contribution >= 4 is 5.91 Å². The van der Waals surface area contributed by atoms with Gasteiger partial charge in [-0.3, -0.25) is 4.79 Å². The Morgan fingerprint density at radius 3 is 1.93 bits per heavy atom. The monoisotopic (exact) mass is 200 g/mol. The lowest BCUT2D eigenvalue weighted by molar-refractivity contribution is -0.114. The predicted molar refractivity (Wildman–Crippen MR) is 61.8 cm³/mol. The van der Waals surface area contributed by atoms with E-state index >= 15 is 0 Å². The van der Waals surface area contributed by atoms with Crippen molar-refractivity contribution in [3.63, 3.8) is 0 Å². The molecule has 4 N–H and O–H groups in total. The molecular weight excluding hydrogens is 176 g/mol. The maximum Gasteiger partial charge on any atom is 0.244 e. The molecule has 3 nitrogen and oxygen atoms in total. The van der Waals surface area contributed by atoms with Gasteiger partial charge in [-0.2, -0.15) is 0 Å². The lowest BCUT2D eigenvalue weighted by Crippen LogP contribution is -2.12. The third-order valence-corrected chi connectivity index (χ3v) is 1.74. The number of hydrogen-bond acceptors (Lipinski definition) is 2. The summed E-state index contributed by atoms with van der Waals surface area (Å²) in [5.41, 5.74) is 10.6. The number of carbonyl (C=O) groups is 1. The topological polar surface area (TPSA) is 69.1 Å². The summed E-state index contributed by atoms with van der Waals surface area (Å²) in [5, 5.41) is 0. The van der Waals surface area contributed by atoms with Crippen LogP contribution in [0.25, 0.3) is 0 Å². The average Bonchev–Trinajstić information content (AvgIpc) is 2.16. The second-order valence-corrected chi connectivity index (χ2v) is 3.21. The van der Waals surface area contributed by atoms with Gasteiger partial charge in [0.25, 0.3) is 0 Å². The zero-order valence-corrected chi connectivity index (χ0v) is 9.51. The summed E-state index contributed by atoms with van der Waals surface area (Å²) in [5.74, 6) is -0.372. The zero-order chi connectivity index (χ0) is 11.4. The van der Waals surface area contributed by atoms with Crippen molar-refractivity contribution in [2.75, 3.05) is 6.54 Å². The van der Waals surface area contributed by atoms with E-state index in [1.54, 1.807) is 0 Å². The number of amides is 1. The molecule has 0 aromatic heterocycles. The molecule has 0 unspecified atom stereocenters. The van der Waals surface area contributed by atoms with Crippen LogP contribution in [0.4, 0.5) is 0 Å². The van der Waals surface area contributed by atoms with Crippen LogP contribution in [0.15, 0.2) is 12.2 Å². The van der Waals surface area contributed by atoms with Crippen molar-refractivity contribution in [2.24, 2.45) is 11.5 Å². The van der Waals surface area contributed by atoms with E-state index in [1.165, 1.54) is 12.8 Å². The molecule has 0 rings (SSSR count). The Morgan fingerprint density at radius 1 is 1.21 bits per heavy atom. The molecule has 0 aliphatic rings. The quantitative estimate of drug-likeness (QED) is 0.643. The smallest absolute Gasteiger partial charge is 0.244 e. The number of nitrogens with two attached hydrogens (primary N) is 2. The number of rotatable bonds is 6. The maximum atomic E-state index is 10.3. The minimum atomic E-state index is -0.372. The van der Waals surface area contributed by atoms with Crippen LogP contribution in [0.2, 0.25) is 0 Å². The van der Waals surface area contributed by atoms with E-state index in [1.807, 2.05) is 0 Å². The van der Waals surface area contributed by atoms with Gasteiger partial charge in [0.05, 0.1) is 0 Å². The Bertz CT molecular complexity index is 153. The summed E-state index contributed by atoms with van der Waals surface area (Å²) >= 11 is 0. The second-order valence-electron chi connectivity index (χ2n) is 3.21. The number of hydrogen-bond donors (Lipinski definition) is 2. The van der Waals surface area contributed by atoms with Gasteiger partial charge in [0, 0.05) is 5.57 Å². The Kier molecular flexibility index (Phi) is 13.6. The summed E-state index contributed by atoms with van der Waals surface area (Å²) in [6.45, 7) is 8.56. The molecular formula is C11H24N2O. The Labute approximate surface area is 87.5 Å². The van der Waals surface area contributed by atoms with Gasteiger partial charge in [-0.25, -0.2) is 0 Å². The average molecular weight is 200 g/mol. The minimum Gasteiger partial charge on any atom is -0.366 e. The van der Waals surface area contributed by atoms with Gasteiger partial charge >= 0.3 is 0 Å². The van der Waals surface area contributed by atoms with Crippen LogP contribution in [-0.4, -0.2) is 12.5 Å². The van der Waals surface area contributed by atoms with Crippen molar-refractivity contribution < 1.29 is 4.79 Å². The van der Waals surface area contributed by atoms with E-state index in [0.717, 1.165) is 25.8 Å². The lowest BCUT2D eigenvalue weighted by Gasteiger charge is -1.96. The highest BCUT2D eigenvalue weighted by atomic mass is 16.1. The molecule has 3 heteroatoms. The maximum absolute atomic E-state index is 10.3. The highest BCUT2D eigenvalue weighted by Gasteiger charge is 1.98. The summed E-state index contributed by atoms with van der Waals surface area (Å²) in [6.07, 6.45) is 5.20. The summed E-state index contributed by atoms with van der Waals surface area (Å²) in [4.78, 5) is 10.3. The number of primary amides is 1. The second kappa shape index (κ2) is 12.2. The Morgan fingerprint density at radius 2 is 1.71 bits per heavy atom. The van der Waals surface area contributed by atoms with Gasteiger partial charge in [0.1, 0.15) is 0 Å². The summed E-state index contributed by atoms with van der Waals surface area (Å²) in [6, 6.07) is 0. The van der Waals surface area contributed by atoms with Crippen LogP contribution in [0.1, 0.15) is 46.0 Å². The molecule has 1 amide bonds. The van der Waals surface area contributed by atoms with Crippen LogP contribution in [0, 0.1) is 0 Å². The molecule has 0 aliphatic carbocycles. The Hall–Kier alpha value is -0.830. The first kappa shape index (κ1) is 15.6. The van der Waals surface area contributed by atoms with Crippen LogP contribution in [-0.2, 0) is 4.79 Å². The molecule has 0 heterocycles. The van der Waals surface area contributed by atoms with Gasteiger partial charge in [0.15, 0.2) is 0 Å². The molecule has 0 fully saturated rings. The molecule has 0 aromatic rings. The van der Waals surface area contributed by atoms with Crippen molar-refractivity contribution in [1.29, 1.82) is 0 Å². The zero-order valence-electron chi connectivity index (χ0n) is 9.51. The van der Waals surface area contributed by atoms with E-state index < -0.39 is 0 Å². The Balaban J connectivity index is 0. The van der Waals surface area contributed by atoms with Crippen LogP contribution < -0.4 is 11.5 Å². The third-order valence-electron chi connectivity index (χ3n) is 1.74. The van der Waals surface area contributed by atoms with Gasteiger partial charge in [-0.15, -0.1) is 0 Å². The van der Waals surface area contributed by atoms with Gasteiger partial charge in [-0.05, 0) is 25.8 Å². The predicted octanol–water partition coefficient (Wildman–Crippen LogP) is 1.96. The summed E-state index contributed by atoms with van der Waals surface area (Å²) < 4.78 is 0. The molecule has 0 spiro atoms. The lowest BCUT2D eigenvalue weighted by atomic mass is 10.1. The van der Waals surface area contributed by atoms with E-state index in [2.05, 4.69) is 20.4 Å². The molecule has 0 bridgehead atoms. The largest absolute Gasteiger partial charge is 0.366 e. The van der Waals surface area contributed by atoms with Crippen molar-refractivity contribution in [3.8, 4) is 0 Å². The molecule has 84 valence electrons. The first-order valence-electron chi connectivity index (χ1n) is 5.27. The molecule has 0 saturated carbocycles. The first-order valence-corrected chi connectivity index (χ1v) is 5.27. The van der Waals surface area contributed by atoms with E-state index in [9.17, 15) is 4.79 Å². The molecule has 0 aliphatic heterocycles. The molecule has 0 saturated heterocycles. The molecule has 0 radical (unpaired) electrons. The molecule has 0 atom stereocenters. The fraction of sp³-hybridized carbons (Fsp3) is 0.727. The highest BCUT2D eigenvalue weighted by molar-refractivity contribution is 5.91. The third kappa shape index (κ3) is 13.7. The summed E-state index contributed by atoms with van der Waals surface area (Å²) in [7, 11) is 0. The van der Waals surface area contributed by atoms with E-state index in [4.69, 9.17) is 11.5 Å². The van der Waals surface area contributed by atoms with Crippen molar-refractivity contribution in [2.45, 2.75) is 46.0 Å². The van der Waals surface area contributed by atoms with E-state index in [0.29, 0.717) is 5.57 Å². The van der Waals surface area contributed by atoms with E-state index in [-0.39, 0.29) is 5.91 Å². The standard InChI is InChI=1S/C7H13NO.C4H11N/c1-3-4-5-6(2)7(8)9;1-2-3-4-5/h2-5H2,1H3,(H2,8,9);2-5H2,1H3. The first-order chi connectivity index (χ1) is 6.59. The minimum absolute atomic E-state index is 0.372. The number of carbonyl (C=O) groups excluding carboxylic acids is 1.